The fraction of sp³-hybridized carbons (Fsp3) is 0.526. The minimum Gasteiger partial charge on any atom is -0.444 e. The van der Waals surface area contributed by atoms with Gasteiger partial charge in [-0.2, -0.15) is 0 Å². The molecule has 2 rings (SSSR count). The summed E-state index contributed by atoms with van der Waals surface area (Å²) in [6, 6.07) is 4.82. The average molecular weight is 427 g/mol. The van der Waals surface area contributed by atoms with Gasteiger partial charge < -0.3 is 14.5 Å². The van der Waals surface area contributed by atoms with Crippen LogP contribution < -0.4 is 5.32 Å². The highest BCUT2D eigenvalue weighted by Crippen LogP contribution is 2.26. The summed E-state index contributed by atoms with van der Waals surface area (Å²) in [6.45, 7) is 8.93. The number of ether oxygens (including phenoxy) is 1. The molecule has 0 bridgehead atoms. The average Bonchev–Trinajstić information content (AvgIpc) is 3.10. The van der Waals surface area contributed by atoms with Crippen LogP contribution in [0, 0.1) is 11.7 Å². The Morgan fingerprint density at radius 2 is 1.93 bits per heavy atom. The van der Waals surface area contributed by atoms with Crippen LogP contribution in [0.1, 0.15) is 58.5 Å². The minimum atomic E-state index is -4.06. The summed E-state index contributed by atoms with van der Waals surface area (Å²) in [5, 5.41) is 9.44. The SMILES string of the molecule is CC[C@H](C)[C@H](NC(=O)OC(C)(C)C)c1nnc(S(=O)(=O)Cc2ccccc2F)o1. The number of carbonyl (C=O) groups is 1. The van der Waals surface area contributed by atoms with Gasteiger partial charge in [-0.05, 0) is 32.8 Å². The Balaban J connectivity index is 2.25. The second-order valence-electron chi connectivity index (χ2n) is 7.77. The van der Waals surface area contributed by atoms with Crippen molar-refractivity contribution in [3.63, 3.8) is 0 Å². The predicted octanol–water partition coefficient (Wildman–Crippen LogP) is 3.79. The van der Waals surface area contributed by atoms with Crippen LogP contribution in [0.3, 0.4) is 0 Å². The molecule has 1 N–H and O–H groups in total. The van der Waals surface area contributed by atoms with E-state index < -0.39 is 44.4 Å². The van der Waals surface area contributed by atoms with Crippen molar-refractivity contribution in [2.75, 3.05) is 0 Å². The van der Waals surface area contributed by atoms with Crippen molar-refractivity contribution in [1.29, 1.82) is 0 Å². The van der Waals surface area contributed by atoms with Gasteiger partial charge in [0.15, 0.2) is 0 Å². The van der Waals surface area contributed by atoms with Crippen LogP contribution in [0.15, 0.2) is 33.9 Å². The van der Waals surface area contributed by atoms with Gasteiger partial charge in [-0.3, -0.25) is 0 Å². The Labute approximate surface area is 169 Å². The first-order chi connectivity index (χ1) is 13.4. The molecule has 8 nitrogen and oxygen atoms in total. The first-order valence-electron chi connectivity index (χ1n) is 9.22. The first-order valence-corrected chi connectivity index (χ1v) is 10.9. The van der Waals surface area contributed by atoms with Crippen LogP contribution in [0.25, 0.3) is 0 Å². The van der Waals surface area contributed by atoms with E-state index in [1.165, 1.54) is 24.3 Å². The Morgan fingerprint density at radius 3 is 2.52 bits per heavy atom. The molecule has 1 amide bonds. The molecule has 29 heavy (non-hydrogen) atoms. The monoisotopic (exact) mass is 427 g/mol. The number of carbonyl (C=O) groups excluding carboxylic acids is 1. The number of nitrogens with zero attached hydrogens (tertiary/aromatic N) is 2. The Bertz CT molecular complexity index is 953. The molecular formula is C19H26FN3O5S. The predicted molar refractivity (Wildman–Crippen MR) is 103 cm³/mol. The molecule has 160 valence electrons. The molecule has 0 aliphatic carbocycles. The van der Waals surface area contributed by atoms with Crippen molar-refractivity contribution in [1.82, 2.24) is 15.5 Å². The topological polar surface area (TPSA) is 111 Å². The molecule has 0 fully saturated rings. The number of rotatable bonds is 7. The largest absolute Gasteiger partial charge is 0.444 e. The number of aromatic nitrogens is 2. The summed E-state index contributed by atoms with van der Waals surface area (Å²) in [4.78, 5) is 12.2. The van der Waals surface area contributed by atoms with Gasteiger partial charge in [0.2, 0.25) is 15.7 Å². The molecule has 1 aromatic carbocycles. The Kier molecular flexibility index (Phi) is 6.99. The lowest BCUT2D eigenvalue weighted by molar-refractivity contribution is 0.0473. The van der Waals surface area contributed by atoms with Crippen molar-refractivity contribution in [2.24, 2.45) is 5.92 Å². The van der Waals surface area contributed by atoms with Gasteiger partial charge in [-0.15, -0.1) is 5.10 Å². The lowest BCUT2D eigenvalue weighted by Crippen LogP contribution is -2.37. The third-order valence-electron chi connectivity index (χ3n) is 4.14. The lowest BCUT2D eigenvalue weighted by Gasteiger charge is -2.24. The van der Waals surface area contributed by atoms with Gasteiger partial charge in [0.1, 0.15) is 17.5 Å². The summed E-state index contributed by atoms with van der Waals surface area (Å²) in [5.74, 6) is -1.45. The molecular weight excluding hydrogens is 401 g/mol. The number of hydrogen-bond donors (Lipinski definition) is 1. The van der Waals surface area contributed by atoms with E-state index in [0.29, 0.717) is 6.42 Å². The zero-order chi connectivity index (χ0) is 21.8. The van der Waals surface area contributed by atoms with Gasteiger partial charge in [0.05, 0.1) is 5.75 Å². The summed E-state index contributed by atoms with van der Waals surface area (Å²) in [6.07, 6.45) is -0.0306. The van der Waals surface area contributed by atoms with Crippen molar-refractivity contribution in [2.45, 2.75) is 63.7 Å². The highest BCUT2D eigenvalue weighted by molar-refractivity contribution is 7.90. The van der Waals surface area contributed by atoms with E-state index >= 15 is 0 Å². The number of benzene rings is 1. The molecule has 2 atom stereocenters. The quantitative estimate of drug-likeness (QED) is 0.715. The van der Waals surface area contributed by atoms with Crippen LogP contribution in [0.5, 0.6) is 0 Å². The summed E-state index contributed by atoms with van der Waals surface area (Å²) >= 11 is 0. The van der Waals surface area contributed by atoms with Gasteiger partial charge >= 0.3 is 11.3 Å². The molecule has 1 heterocycles. The molecule has 0 aliphatic rings. The minimum absolute atomic E-state index is 0.00222. The normalized spacial score (nSPS) is 14.3. The van der Waals surface area contributed by atoms with E-state index in [9.17, 15) is 17.6 Å². The lowest BCUT2D eigenvalue weighted by atomic mass is 9.99. The Hall–Kier alpha value is -2.49. The van der Waals surface area contributed by atoms with E-state index in [2.05, 4.69) is 15.5 Å². The number of halogens is 1. The second-order valence-corrected chi connectivity index (χ2v) is 9.63. The van der Waals surface area contributed by atoms with Crippen LogP contribution >= 0.6 is 0 Å². The maximum Gasteiger partial charge on any atom is 0.408 e. The number of hydrogen-bond acceptors (Lipinski definition) is 7. The smallest absolute Gasteiger partial charge is 0.408 e. The molecule has 0 spiro atoms. The standard InChI is InChI=1S/C19H26FN3O5S/c1-6-12(2)15(21-17(24)28-19(3,4)5)16-22-23-18(27-16)29(25,26)11-13-9-7-8-10-14(13)20/h7-10,12,15H,6,11H2,1-5H3,(H,21,24)/t12-,15-/m0/s1. The number of nitrogens with one attached hydrogen (secondary N) is 1. The molecule has 0 unspecified atom stereocenters. The summed E-state index contributed by atoms with van der Waals surface area (Å²) < 4.78 is 49.6. The summed E-state index contributed by atoms with van der Waals surface area (Å²) in [5.41, 5.74) is -0.703. The molecule has 0 radical (unpaired) electrons. The number of alkyl carbamates (subject to hydrolysis) is 1. The van der Waals surface area contributed by atoms with Crippen molar-refractivity contribution in [3.8, 4) is 0 Å². The van der Waals surface area contributed by atoms with Crippen molar-refractivity contribution >= 4 is 15.9 Å². The molecule has 1 aromatic heterocycles. The fourth-order valence-electron chi connectivity index (χ4n) is 2.47. The van der Waals surface area contributed by atoms with Crippen LogP contribution in [0.4, 0.5) is 9.18 Å². The second kappa shape index (κ2) is 8.89. The zero-order valence-corrected chi connectivity index (χ0v) is 17.9. The van der Waals surface area contributed by atoms with E-state index in [4.69, 9.17) is 9.15 Å². The molecule has 0 saturated heterocycles. The van der Waals surface area contributed by atoms with E-state index in [1.54, 1.807) is 20.8 Å². The molecule has 10 heteroatoms. The zero-order valence-electron chi connectivity index (χ0n) is 17.1. The van der Waals surface area contributed by atoms with E-state index in [-0.39, 0.29) is 17.4 Å². The number of sulfone groups is 1. The van der Waals surface area contributed by atoms with Gasteiger partial charge in [0, 0.05) is 5.56 Å². The maximum atomic E-state index is 13.8. The molecule has 2 aromatic rings. The molecule has 0 saturated carbocycles. The maximum absolute atomic E-state index is 13.8. The van der Waals surface area contributed by atoms with E-state index in [0.717, 1.165) is 0 Å². The summed E-state index contributed by atoms with van der Waals surface area (Å²) in [7, 11) is -4.06. The highest BCUT2D eigenvalue weighted by Gasteiger charge is 2.31. The van der Waals surface area contributed by atoms with E-state index in [1.807, 2.05) is 13.8 Å². The van der Waals surface area contributed by atoms with Gasteiger partial charge in [0.25, 0.3) is 0 Å². The van der Waals surface area contributed by atoms with Gasteiger partial charge in [-0.25, -0.2) is 17.6 Å². The third-order valence-corrected chi connectivity index (χ3v) is 5.53. The first kappa shape index (κ1) is 22.8. The van der Waals surface area contributed by atoms with Crippen molar-refractivity contribution in [3.05, 3.63) is 41.5 Å². The van der Waals surface area contributed by atoms with Crippen LogP contribution in [-0.4, -0.2) is 30.3 Å². The fourth-order valence-corrected chi connectivity index (χ4v) is 3.62. The molecule has 0 aliphatic heterocycles. The van der Waals surface area contributed by atoms with Crippen molar-refractivity contribution < 1.29 is 26.8 Å². The van der Waals surface area contributed by atoms with Crippen LogP contribution in [-0.2, 0) is 20.3 Å². The Morgan fingerprint density at radius 1 is 1.28 bits per heavy atom. The van der Waals surface area contributed by atoms with Crippen LogP contribution in [0.2, 0.25) is 0 Å². The third kappa shape index (κ3) is 6.25. The van der Waals surface area contributed by atoms with Gasteiger partial charge in [-0.1, -0.05) is 43.6 Å². The number of amides is 1. The highest BCUT2D eigenvalue weighted by atomic mass is 32.2.